The minimum Gasteiger partial charge on any atom is -0.494 e. The lowest BCUT2D eigenvalue weighted by Crippen LogP contribution is -2.10. The summed E-state index contributed by atoms with van der Waals surface area (Å²) in [7, 11) is 0. The average molecular weight is 730 g/mol. The van der Waals surface area contributed by atoms with E-state index < -0.39 is 0 Å². The SMILES string of the molecule is CCOc1ccc(N(c2ccc(/C=C/C=N/N(c3ccccc3)c3ccccc3)cc2)c2ccc(/C=C/C=N/N(c3ccccc3)c3ccccc3)cc2)cc1. The monoisotopic (exact) mass is 729 g/mol. The summed E-state index contributed by atoms with van der Waals surface area (Å²) in [6.45, 7) is 2.62. The van der Waals surface area contributed by atoms with E-state index in [2.05, 4.69) is 126 Å². The molecule has 56 heavy (non-hydrogen) atoms. The van der Waals surface area contributed by atoms with Crippen LogP contribution >= 0.6 is 0 Å². The maximum absolute atomic E-state index is 5.75. The van der Waals surface area contributed by atoms with Gasteiger partial charge in [0.05, 0.1) is 29.4 Å². The molecule has 0 atom stereocenters. The minimum atomic E-state index is 0.621. The molecule has 0 saturated heterocycles. The van der Waals surface area contributed by atoms with Crippen LogP contribution in [-0.2, 0) is 0 Å². The van der Waals surface area contributed by atoms with Crippen molar-refractivity contribution in [3.05, 3.63) is 217 Å². The third-order valence-electron chi connectivity index (χ3n) is 8.83. The maximum Gasteiger partial charge on any atom is 0.119 e. The van der Waals surface area contributed by atoms with Crippen LogP contribution in [0.1, 0.15) is 18.1 Å². The highest BCUT2D eigenvalue weighted by Crippen LogP contribution is 2.36. The smallest absolute Gasteiger partial charge is 0.119 e. The molecule has 0 unspecified atom stereocenters. The van der Waals surface area contributed by atoms with Gasteiger partial charge in [-0.25, -0.2) is 10.0 Å². The van der Waals surface area contributed by atoms with Gasteiger partial charge in [0.1, 0.15) is 5.75 Å². The van der Waals surface area contributed by atoms with Crippen LogP contribution in [0.15, 0.2) is 216 Å². The number of ether oxygens (including phenoxy) is 1. The van der Waals surface area contributed by atoms with Crippen LogP contribution in [0.4, 0.5) is 39.8 Å². The topological polar surface area (TPSA) is 43.7 Å². The molecule has 6 nitrogen and oxygen atoms in total. The van der Waals surface area contributed by atoms with Crippen molar-refractivity contribution in [3.63, 3.8) is 0 Å². The van der Waals surface area contributed by atoms with Gasteiger partial charge < -0.3 is 9.64 Å². The lowest BCUT2D eigenvalue weighted by atomic mass is 10.1. The average Bonchev–Trinajstić information content (AvgIpc) is 3.27. The highest BCUT2D eigenvalue weighted by Gasteiger charge is 2.13. The molecule has 6 heteroatoms. The molecule has 0 heterocycles. The Labute approximate surface area is 329 Å². The molecule has 0 aromatic heterocycles. The van der Waals surface area contributed by atoms with Gasteiger partial charge in [-0.2, -0.15) is 10.2 Å². The zero-order valence-electron chi connectivity index (χ0n) is 31.3. The van der Waals surface area contributed by atoms with Crippen LogP contribution in [0.3, 0.4) is 0 Å². The number of benzene rings is 7. The zero-order valence-corrected chi connectivity index (χ0v) is 31.3. The van der Waals surface area contributed by atoms with Crippen LogP contribution in [0.25, 0.3) is 12.2 Å². The van der Waals surface area contributed by atoms with E-state index in [1.807, 2.05) is 126 Å². The van der Waals surface area contributed by atoms with Gasteiger partial charge >= 0.3 is 0 Å². The molecule has 0 aliphatic rings. The predicted molar refractivity (Wildman–Crippen MR) is 237 cm³/mol. The molecule has 0 aliphatic heterocycles. The lowest BCUT2D eigenvalue weighted by molar-refractivity contribution is 0.340. The summed E-state index contributed by atoms with van der Waals surface area (Å²) in [4.78, 5) is 2.24. The number of rotatable bonds is 15. The highest BCUT2D eigenvalue weighted by molar-refractivity contribution is 5.83. The number of para-hydroxylation sites is 4. The third-order valence-corrected chi connectivity index (χ3v) is 8.83. The second kappa shape index (κ2) is 19.1. The maximum atomic E-state index is 5.75. The van der Waals surface area contributed by atoms with Crippen molar-refractivity contribution >= 4 is 64.4 Å². The Morgan fingerprint density at radius 3 is 1.04 bits per heavy atom. The van der Waals surface area contributed by atoms with E-state index in [-0.39, 0.29) is 0 Å². The summed E-state index contributed by atoms with van der Waals surface area (Å²) in [5, 5.41) is 13.4. The van der Waals surface area contributed by atoms with E-state index in [9.17, 15) is 0 Å². The summed E-state index contributed by atoms with van der Waals surface area (Å²) >= 11 is 0. The normalized spacial score (nSPS) is 11.4. The second-order valence-corrected chi connectivity index (χ2v) is 12.7. The largest absolute Gasteiger partial charge is 0.494 e. The Balaban J connectivity index is 1.08. The van der Waals surface area contributed by atoms with Crippen LogP contribution in [0, 0.1) is 0 Å². The fraction of sp³-hybridized carbons (Fsp3) is 0.0400. The van der Waals surface area contributed by atoms with E-state index >= 15 is 0 Å². The van der Waals surface area contributed by atoms with Gasteiger partial charge in [-0.15, -0.1) is 0 Å². The van der Waals surface area contributed by atoms with Crippen LogP contribution < -0.4 is 19.7 Å². The van der Waals surface area contributed by atoms with Crippen LogP contribution in [0.5, 0.6) is 5.75 Å². The first-order chi connectivity index (χ1) is 27.7. The fourth-order valence-corrected chi connectivity index (χ4v) is 6.13. The molecular weight excluding hydrogens is 687 g/mol. The van der Waals surface area contributed by atoms with Crippen molar-refractivity contribution in [2.24, 2.45) is 10.2 Å². The lowest BCUT2D eigenvalue weighted by Gasteiger charge is -2.26. The Bertz CT molecular complexity index is 2120. The quantitative estimate of drug-likeness (QED) is 0.0778. The molecule has 0 spiro atoms. The van der Waals surface area contributed by atoms with Gasteiger partial charge in [0.2, 0.25) is 0 Å². The number of allylic oxidation sites excluding steroid dienone is 2. The van der Waals surface area contributed by atoms with Crippen molar-refractivity contribution in [1.29, 1.82) is 0 Å². The van der Waals surface area contributed by atoms with E-state index in [0.29, 0.717) is 6.61 Å². The van der Waals surface area contributed by atoms with Crippen LogP contribution in [0.2, 0.25) is 0 Å². The van der Waals surface area contributed by atoms with E-state index in [4.69, 9.17) is 14.9 Å². The summed E-state index contributed by atoms with van der Waals surface area (Å²) in [6, 6.07) is 65.9. The Morgan fingerprint density at radius 1 is 0.393 bits per heavy atom. The first kappa shape index (κ1) is 36.9. The molecule has 7 aromatic carbocycles. The van der Waals surface area contributed by atoms with E-state index in [1.54, 1.807) is 0 Å². The number of hydrogen-bond acceptors (Lipinski definition) is 6. The summed E-state index contributed by atoms with van der Waals surface area (Å²) < 4.78 is 5.75. The van der Waals surface area contributed by atoms with E-state index in [0.717, 1.165) is 56.7 Å². The van der Waals surface area contributed by atoms with Crippen molar-refractivity contribution in [2.75, 3.05) is 21.5 Å². The van der Waals surface area contributed by atoms with Gasteiger partial charge in [-0.05, 0) is 127 Å². The molecule has 0 fully saturated rings. The molecule has 7 aromatic rings. The molecule has 0 radical (unpaired) electrons. The van der Waals surface area contributed by atoms with Crippen molar-refractivity contribution in [1.82, 2.24) is 0 Å². The number of nitrogens with zero attached hydrogens (tertiary/aromatic N) is 5. The Hall–Kier alpha value is -7.44. The molecule has 0 aliphatic carbocycles. The Morgan fingerprint density at radius 2 is 0.714 bits per heavy atom. The predicted octanol–water partition coefficient (Wildman–Crippen LogP) is 13.2. The fourth-order valence-electron chi connectivity index (χ4n) is 6.13. The highest BCUT2D eigenvalue weighted by atomic mass is 16.5. The van der Waals surface area contributed by atoms with Gasteiger partial charge in [0, 0.05) is 29.5 Å². The summed E-state index contributed by atoms with van der Waals surface area (Å²) in [5.74, 6) is 0.844. The molecule has 0 saturated carbocycles. The third kappa shape index (κ3) is 9.75. The molecule has 0 amide bonds. The second-order valence-electron chi connectivity index (χ2n) is 12.7. The number of hydrogen-bond donors (Lipinski definition) is 0. The standard InChI is InChI=1S/C50H43N5O/c1-2-56-50-37-35-45(36-38-50)53(43-31-27-41(28-32-43)17-15-39-51-54(46-19-7-3-8-20-46)47-21-9-4-10-22-47)44-33-29-42(30-34-44)18-16-40-52-55(48-23-11-5-12-24-48)49-25-13-6-14-26-49/h3-40H,2H2,1H3/b17-15+,18-16+,51-39+,52-40+. The summed E-state index contributed by atoms with van der Waals surface area (Å²) in [5.41, 5.74) is 9.22. The summed E-state index contributed by atoms with van der Waals surface area (Å²) in [6.07, 6.45) is 11.7. The van der Waals surface area contributed by atoms with Crippen molar-refractivity contribution in [3.8, 4) is 5.75 Å². The van der Waals surface area contributed by atoms with Gasteiger partial charge in [-0.1, -0.05) is 109 Å². The van der Waals surface area contributed by atoms with Gasteiger partial charge in [0.25, 0.3) is 0 Å². The first-order valence-electron chi connectivity index (χ1n) is 18.7. The van der Waals surface area contributed by atoms with Crippen molar-refractivity contribution in [2.45, 2.75) is 6.92 Å². The molecule has 0 bridgehead atoms. The van der Waals surface area contributed by atoms with E-state index in [1.165, 1.54) is 0 Å². The van der Waals surface area contributed by atoms with Gasteiger partial charge in [-0.3, -0.25) is 0 Å². The zero-order chi connectivity index (χ0) is 38.2. The van der Waals surface area contributed by atoms with Crippen molar-refractivity contribution < 1.29 is 4.74 Å². The van der Waals surface area contributed by atoms with Gasteiger partial charge in [0.15, 0.2) is 0 Å². The minimum absolute atomic E-state index is 0.621. The molecule has 7 rings (SSSR count). The van der Waals surface area contributed by atoms with Crippen LogP contribution in [-0.4, -0.2) is 19.0 Å². The molecule has 274 valence electrons. The molecule has 0 N–H and O–H groups in total. The number of anilines is 7. The molecular formula is C50H43N5O. The number of hydrazone groups is 2. The Kier molecular flexibility index (Phi) is 12.6. The first-order valence-corrected chi connectivity index (χ1v) is 18.7.